The lowest BCUT2D eigenvalue weighted by Gasteiger charge is -2.18. The fraction of sp³-hybridized carbons (Fsp3) is 0.647. The van der Waals surface area contributed by atoms with Gasteiger partial charge in [-0.15, -0.1) is 0 Å². The third-order valence-electron chi connectivity index (χ3n) is 3.60. The fourth-order valence-corrected chi connectivity index (χ4v) is 2.53. The highest BCUT2D eigenvalue weighted by molar-refractivity contribution is 5.34. The Hall–Kier alpha value is -0.780. The van der Waals surface area contributed by atoms with Crippen LogP contribution in [-0.4, -0.2) is 0 Å². The van der Waals surface area contributed by atoms with Gasteiger partial charge in [-0.05, 0) is 42.7 Å². The molecule has 0 amide bonds. The minimum atomic E-state index is 0.793. The molecule has 0 aliphatic heterocycles. The third kappa shape index (κ3) is 4.93. The summed E-state index contributed by atoms with van der Waals surface area (Å²) in [4.78, 5) is 0. The van der Waals surface area contributed by atoms with Gasteiger partial charge in [0.25, 0.3) is 0 Å². The molecule has 0 nitrogen and oxygen atoms in total. The number of rotatable bonds is 7. The lowest BCUT2D eigenvalue weighted by molar-refractivity contribution is 0.495. The van der Waals surface area contributed by atoms with Crippen LogP contribution in [0.15, 0.2) is 35.5 Å². The smallest absolute Gasteiger partial charge is 0.0160 e. The number of unbranched alkanes of at least 4 members (excludes halogenated alkanes) is 1. The Morgan fingerprint density at radius 3 is 2.59 bits per heavy atom. The Morgan fingerprint density at radius 1 is 1.12 bits per heavy atom. The van der Waals surface area contributed by atoms with Crippen LogP contribution in [0.25, 0.3) is 0 Å². The minimum absolute atomic E-state index is 0.793. The van der Waals surface area contributed by atoms with Gasteiger partial charge < -0.3 is 0 Å². The van der Waals surface area contributed by atoms with Gasteiger partial charge in [-0.2, -0.15) is 0 Å². The lowest BCUT2D eigenvalue weighted by Crippen LogP contribution is -2.03. The van der Waals surface area contributed by atoms with E-state index in [2.05, 4.69) is 45.1 Å². The standard InChI is InChI=1S/C17H28/c1-4-7-12-16(10-5-2)17-13-9-8-11-15(6-3)14-17/h8,11,13-14,16H,4-7,9-10,12H2,1-3H3. The molecule has 17 heavy (non-hydrogen) atoms. The average molecular weight is 232 g/mol. The molecule has 1 atom stereocenters. The van der Waals surface area contributed by atoms with Crippen LogP contribution in [0.3, 0.4) is 0 Å². The van der Waals surface area contributed by atoms with E-state index >= 15 is 0 Å². The highest BCUT2D eigenvalue weighted by Gasteiger charge is 2.12. The van der Waals surface area contributed by atoms with Crippen molar-refractivity contribution in [2.24, 2.45) is 5.92 Å². The van der Waals surface area contributed by atoms with E-state index in [1.54, 1.807) is 5.57 Å². The molecule has 0 saturated carbocycles. The number of hydrogen-bond donors (Lipinski definition) is 0. The predicted octanol–water partition coefficient (Wildman–Crippen LogP) is 5.82. The van der Waals surface area contributed by atoms with Crippen molar-refractivity contribution in [2.45, 2.75) is 65.7 Å². The van der Waals surface area contributed by atoms with Gasteiger partial charge in [0.05, 0.1) is 0 Å². The van der Waals surface area contributed by atoms with Crippen molar-refractivity contribution < 1.29 is 0 Å². The van der Waals surface area contributed by atoms with Crippen molar-refractivity contribution in [3.05, 3.63) is 35.5 Å². The van der Waals surface area contributed by atoms with Crippen molar-refractivity contribution in [2.75, 3.05) is 0 Å². The molecule has 0 N–H and O–H groups in total. The molecule has 0 spiro atoms. The molecule has 0 heterocycles. The summed E-state index contributed by atoms with van der Waals surface area (Å²) < 4.78 is 0. The van der Waals surface area contributed by atoms with E-state index < -0.39 is 0 Å². The maximum atomic E-state index is 2.44. The minimum Gasteiger partial charge on any atom is -0.0805 e. The predicted molar refractivity (Wildman–Crippen MR) is 78.1 cm³/mol. The number of hydrogen-bond acceptors (Lipinski definition) is 0. The van der Waals surface area contributed by atoms with Gasteiger partial charge in [-0.25, -0.2) is 0 Å². The first-order chi connectivity index (χ1) is 8.31. The van der Waals surface area contributed by atoms with E-state index in [-0.39, 0.29) is 0 Å². The highest BCUT2D eigenvalue weighted by atomic mass is 14.2. The SMILES string of the molecule is CCCCC(CCC)C1=CCC=CC(CC)=C1. The molecule has 0 bridgehead atoms. The Kier molecular flexibility index (Phi) is 7.00. The summed E-state index contributed by atoms with van der Waals surface area (Å²) in [5.41, 5.74) is 3.09. The average Bonchev–Trinajstić information content (AvgIpc) is 2.59. The molecule has 1 aliphatic carbocycles. The Morgan fingerprint density at radius 2 is 1.94 bits per heavy atom. The van der Waals surface area contributed by atoms with E-state index in [1.165, 1.54) is 37.7 Å². The molecule has 0 radical (unpaired) electrons. The summed E-state index contributed by atoms with van der Waals surface area (Å²) in [5.74, 6) is 0.793. The molecule has 0 aromatic rings. The van der Waals surface area contributed by atoms with Crippen molar-refractivity contribution in [3.63, 3.8) is 0 Å². The van der Waals surface area contributed by atoms with Gasteiger partial charge in [0.15, 0.2) is 0 Å². The summed E-state index contributed by atoms with van der Waals surface area (Å²) in [7, 11) is 0. The van der Waals surface area contributed by atoms with Crippen LogP contribution in [0.2, 0.25) is 0 Å². The second-order valence-electron chi connectivity index (χ2n) is 5.04. The van der Waals surface area contributed by atoms with Crippen molar-refractivity contribution >= 4 is 0 Å². The van der Waals surface area contributed by atoms with E-state index in [0.717, 1.165) is 18.8 Å². The number of allylic oxidation sites excluding steroid dienone is 6. The van der Waals surface area contributed by atoms with Gasteiger partial charge in [-0.1, -0.05) is 64.3 Å². The van der Waals surface area contributed by atoms with E-state index in [0.29, 0.717) is 0 Å². The van der Waals surface area contributed by atoms with Crippen LogP contribution in [0.5, 0.6) is 0 Å². The molecule has 1 aliphatic rings. The third-order valence-corrected chi connectivity index (χ3v) is 3.60. The second kappa shape index (κ2) is 8.33. The van der Waals surface area contributed by atoms with Crippen molar-refractivity contribution in [1.29, 1.82) is 0 Å². The zero-order valence-corrected chi connectivity index (χ0v) is 11.8. The van der Waals surface area contributed by atoms with Gasteiger partial charge in [-0.3, -0.25) is 0 Å². The van der Waals surface area contributed by atoms with Crippen molar-refractivity contribution in [3.8, 4) is 0 Å². The first-order valence-electron chi connectivity index (χ1n) is 7.38. The Labute approximate surface area is 108 Å². The van der Waals surface area contributed by atoms with Gasteiger partial charge in [0.1, 0.15) is 0 Å². The summed E-state index contributed by atoms with van der Waals surface area (Å²) in [5, 5.41) is 0. The van der Waals surface area contributed by atoms with Crippen LogP contribution in [0, 0.1) is 5.92 Å². The molecule has 96 valence electrons. The normalized spacial score (nSPS) is 17.4. The summed E-state index contributed by atoms with van der Waals surface area (Å²) in [6.07, 6.45) is 18.4. The van der Waals surface area contributed by atoms with Gasteiger partial charge in [0.2, 0.25) is 0 Å². The Bertz CT molecular complexity index is 291. The van der Waals surface area contributed by atoms with E-state index in [9.17, 15) is 0 Å². The second-order valence-corrected chi connectivity index (χ2v) is 5.04. The fourth-order valence-electron chi connectivity index (χ4n) is 2.53. The molecule has 1 unspecified atom stereocenters. The maximum absolute atomic E-state index is 2.44. The quantitative estimate of drug-likeness (QED) is 0.519. The van der Waals surface area contributed by atoms with Crippen LogP contribution in [-0.2, 0) is 0 Å². The van der Waals surface area contributed by atoms with Crippen LogP contribution in [0.1, 0.15) is 65.7 Å². The molecule has 0 heteroatoms. The van der Waals surface area contributed by atoms with E-state index in [4.69, 9.17) is 0 Å². The zero-order valence-electron chi connectivity index (χ0n) is 11.8. The van der Waals surface area contributed by atoms with E-state index in [1.807, 2.05) is 0 Å². The molecular formula is C17H28. The lowest BCUT2D eigenvalue weighted by atomic mass is 9.88. The zero-order chi connectivity index (χ0) is 12.5. The van der Waals surface area contributed by atoms with Crippen LogP contribution in [0.4, 0.5) is 0 Å². The molecule has 0 fully saturated rings. The summed E-state index contributed by atoms with van der Waals surface area (Å²) in [6.45, 7) is 6.85. The first-order valence-corrected chi connectivity index (χ1v) is 7.38. The first kappa shape index (κ1) is 14.3. The van der Waals surface area contributed by atoms with Gasteiger partial charge in [0, 0.05) is 0 Å². The summed E-state index contributed by atoms with van der Waals surface area (Å²) >= 11 is 0. The topological polar surface area (TPSA) is 0 Å². The van der Waals surface area contributed by atoms with Crippen LogP contribution >= 0.6 is 0 Å². The molecule has 0 aromatic heterocycles. The summed E-state index contributed by atoms with van der Waals surface area (Å²) in [6, 6.07) is 0. The molecule has 0 aromatic carbocycles. The molecular weight excluding hydrogens is 204 g/mol. The van der Waals surface area contributed by atoms with Crippen molar-refractivity contribution in [1.82, 2.24) is 0 Å². The maximum Gasteiger partial charge on any atom is -0.0160 e. The highest BCUT2D eigenvalue weighted by Crippen LogP contribution is 2.28. The largest absolute Gasteiger partial charge is 0.0805 e. The van der Waals surface area contributed by atoms with Gasteiger partial charge >= 0.3 is 0 Å². The molecule has 0 saturated heterocycles. The molecule has 1 rings (SSSR count). The monoisotopic (exact) mass is 232 g/mol. The van der Waals surface area contributed by atoms with Crippen LogP contribution < -0.4 is 0 Å². The Balaban J connectivity index is 2.74.